The SMILES string of the molecule is CCN1CCC(n2cc(C(Nc3cc(Cl)cc4c(Nc5ccc(F)c(Cl)c5)c(C#N)cnc34)c3cc(F)c(F)c(F)c3)nn2)CC1. The molecule has 2 N–H and O–H groups in total. The van der Waals surface area contributed by atoms with E-state index >= 15 is 0 Å². The molecule has 1 saturated heterocycles. The summed E-state index contributed by atoms with van der Waals surface area (Å²) < 4.78 is 58.7. The van der Waals surface area contributed by atoms with Crippen LogP contribution in [0.5, 0.6) is 0 Å². The van der Waals surface area contributed by atoms with Gasteiger partial charge in [-0.1, -0.05) is 35.3 Å². The number of anilines is 3. The van der Waals surface area contributed by atoms with Gasteiger partial charge in [0.25, 0.3) is 0 Å². The van der Waals surface area contributed by atoms with Gasteiger partial charge in [-0.05, 0) is 67.4 Å². The van der Waals surface area contributed by atoms with Crippen LogP contribution in [0.25, 0.3) is 10.9 Å². The highest BCUT2D eigenvalue weighted by Gasteiger charge is 2.26. The molecule has 14 heteroatoms. The Hall–Kier alpha value is -4.44. The molecule has 1 aliphatic rings. The van der Waals surface area contributed by atoms with E-state index in [1.54, 1.807) is 23.0 Å². The number of benzene rings is 3. The van der Waals surface area contributed by atoms with Crippen LogP contribution in [-0.2, 0) is 0 Å². The molecular weight excluding hydrogens is 643 g/mol. The van der Waals surface area contributed by atoms with Gasteiger partial charge in [0.15, 0.2) is 17.5 Å². The van der Waals surface area contributed by atoms with E-state index in [0.717, 1.165) is 44.6 Å². The molecule has 0 spiro atoms. The molecule has 0 bridgehead atoms. The van der Waals surface area contributed by atoms with Gasteiger partial charge in [-0.2, -0.15) is 5.26 Å². The van der Waals surface area contributed by atoms with Crippen LogP contribution in [0.3, 0.4) is 0 Å². The lowest BCUT2D eigenvalue weighted by Gasteiger charge is -2.30. The summed E-state index contributed by atoms with van der Waals surface area (Å²) in [5, 5.41) is 25.4. The molecule has 236 valence electrons. The molecule has 6 rings (SSSR count). The summed E-state index contributed by atoms with van der Waals surface area (Å²) in [4.78, 5) is 6.83. The molecule has 5 aromatic rings. The van der Waals surface area contributed by atoms with Gasteiger partial charge in [0, 0.05) is 35.4 Å². The highest BCUT2D eigenvalue weighted by atomic mass is 35.5. The van der Waals surface area contributed by atoms with E-state index < -0.39 is 29.3 Å². The number of piperidine rings is 1. The number of nitriles is 1. The van der Waals surface area contributed by atoms with E-state index in [0.29, 0.717) is 33.7 Å². The number of hydrogen-bond donors (Lipinski definition) is 2. The van der Waals surface area contributed by atoms with Gasteiger partial charge in [-0.15, -0.1) is 5.10 Å². The van der Waals surface area contributed by atoms with E-state index in [-0.39, 0.29) is 27.2 Å². The van der Waals surface area contributed by atoms with Crippen molar-refractivity contribution in [1.82, 2.24) is 24.9 Å². The zero-order chi connectivity index (χ0) is 32.5. The largest absolute Gasteiger partial charge is 0.371 e. The number of aromatic nitrogens is 4. The quantitative estimate of drug-likeness (QED) is 0.127. The van der Waals surface area contributed by atoms with Gasteiger partial charge in [0.2, 0.25) is 0 Å². The van der Waals surface area contributed by atoms with E-state index in [2.05, 4.69) is 43.8 Å². The molecule has 3 aromatic carbocycles. The Kier molecular flexibility index (Phi) is 8.99. The lowest BCUT2D eigenvalue weighted by Crippen LogP contribution is -2.34. The fraction of sp³-hybridized carbons (Fsp3) is 0.250. The third-order valence-corrected chi connectivity index (χ3v) is 8.59. The fourth-order valence-corrected chi connectivity index (χ4v) is 6.04. The molecule has 0 saturated carbocycles. The van der Waals surface area contributed by atoms with Crippen LogP contribution in [0.4, 0.5) is 34.6 Å². The number of nitrogens with one attached hydrogen (secondary N) is 2. The summed E-state index contributed by atoms with van der Waals surface area (Å²) in [6, 6.07) is 10.1. The molecule has 1 aliphatic heterocycles. The highest BCUT2D eigenvalue weighted by Crippen LogP contribution is 2.38. The van der Waals surface area contributed by atoms with Crippen LogP contribution in [0, 0.1) is 34.6 Å². The maximum Gasteiger partial charge on any atom is 0.194 e. The molecule has 1 atom stereocenters. The zero-order valence-electron chi connectivity index (χ0n) is 24.3. The molecule has 2 aromatic heterocycles. The monoisotopic (exact) mass is 668 g/mol. The van der Waals surface area contributed by atoms with Crippen LogP contribution >= 0.6 is 23.2 Å². The van der Waals surface area contributed by atoms with Crippen molar-refractivity contribution in [3.63, 3.8) is 0 Å². The Balaban J connectivity index is 1.43. The highest BCUT2D eigenvalue weighted by molar-refractivity contribution is 6.32. The second-order valence-electron chi connectivity index (χ2n) is 10.9. The maximum absolute atomic E-state index is 14.5. The van der Waals surface area contributed by atoms with E-state index in [4.69, 9.17) is 23.2 Å². The lowest BCUT2D eigenvalue weighted by molar-refractivity contribution is 0.186. The first kappa shape index (κ1) is 31.5. The molecule has 0 radical (unpaired) electrons. The molecule has 1 fully saturated rings. The Labute approximate surface area is 271 Å². The van der Waals surface area contributed by atoms with Crippen LogP contribution in [0.1, 0.15) is 48.7 Å². The first-order valence-corrected chi connectivity index (χ1v) is 15.2. The fourth-order valence-electron chi connectivity index (χ4n) is 5.64. The number of likely N-dealkylation sites (tertiary alicyclic amines) is 1. The van der Waals surface area contributed by atoms with Crippen molar-refractivity contribution in [3.8, 4) is 6.07 Å². The van der Waals surface area contributed by atoms with Crippen LogP contribution in [0.15, 0.2) is 54.9 Å². The van der Waals surface area contributed by atoms with Gasteiger partial charge < -0.3 is 15.5 Å². The van der Waals surface area contributed by atoms with Gasteiger partial charge in [0.05, 0.1) is 45.8 Å². The first-order valence-electron chi connectivity index (χ1n) is 14.4. The topological polar surface area (TPSA) is 94.7 Å². The Morgan fingerprint density at radius 3 is 2.43 bits per heavy atom. The van der Waals surface area contributed by atoms with Crippen molar-refractivity contribution in [2.45, 2.75) is 31.8 Å². The predicted octanol–water partition coefficient (Wildman–Crippen LogP) is 8.16. The standard InChI is InChI=1S/C32H26Cl2F4N8/c1-2-45-7-5-21(6-8-45)46-16-28(43-44-46)31(17-9-25(36)29(38)26(37)10-17)42-27-12-19(33)11-22-30(18(14-39)15-40-32(22)27)41-20-3-4-24(35)23(34)13-20/h3-4,9-13,15-16,21,31,42H,2,5-8H2,1H3,(H,40,41). The van der Waals surface area contributed by atoms with Crippen molar-refractivity contribution in [2.24, 2.45) is 0 Å². The maximum atomic E-state index is 14.5. The van der Waals surface area contributed by atoms with Gasteiger partial charge in [-0.25, -0.2) is 22.2 Å². The Bertz CT molecular complexity index is 1950. The molecular formula is C32H26Cl2F4N8. The number of nitrogens with zero attached hydrogens (tertiary/aromatic N) is 6. The summed E-state index contributed by atoms with van der Waals surface area (Å²) in [6.07, 6.45) is 4.77. The van der Waals surface area contributed by atoms with E-state index in [1.165, 1.54) is 24.4 Å². The first-order chi connectivity index (χ1) is 22.1. The Morgan fingerprint density at radius 2 is 1.76 bits per heavy atom. The third kappa shape index (κ3) is 6.31. The summed E-state index contributed by atoms with van der Waals surface area (Å²) in [7, 11) is 0. The minimum atomic E-state index is -1.59. The van der Waals surface area contributed by atoms with Crippen molar-refractivity contribution in [3.05, 3.63) is 105 Å². The second kappa shape index (κ2) is 13.1. The second-order valence-corrected chi connectivity index (χ2v) is 11.8. The Morgan fingerprint density at radius 1 is 1.02 bits per heavy atom. The molecule has 0 aliphatic carbocycles. The van der Waals surface area contributed by atoms with Crippen molar-refractivity contribution in [1.29, 1.82) is 5.26 Å². The minimum Gasteiger partial charge on any atom is -0.371 e. The average molecular weight is 670 g/mol. The van der Waals surface area contributed by atoms with Crippen LogP contribution in [0.2, 0.25) is 10.0 Å². The number of hydrogen-bond acceptors (Lipinski definition) is 7. The number of fused-ring (bicyclic) bond motifs is 1. The third-order valence-electron chi connectivity index (χ3n) is 8.09. The average Bonchev–Trinajstić information content (AvgIpc) is 3.54. The van der Waals surface area contributed by atoms with Crippen LogP contribution < -0.4 is 10.6 Å². The summed E-state index contributed by atoms with van der Waals surface area (Å²) in [6.45, 7) is 4.86. The van der Waals surface area contributed by atoms with Crippen molar-refractivity contribution < 1.29 is 17.6 Å². The molecule has 8 nitrogen and oxygen atoms in total. The minimum absolute atomic E-state index is 0.0466. The zero-order valence-corrected chi connectivity index (χ0v) is 25.8. The predicted molar refractivity (Wildman–Crippen MR) is 168 cm³/mol. The summed E-state index contributed by atoms with van der Waals surface area (Å²) >= 11 is 12.5. The van der Waals surface area contributed by atoms with Gasteiger partial charge in [0.1, 0.15) is 17.6 Å². The number of pyridine rings is 1. The normalized spacial score (nSPS) is 14.7. The number of halogens is 6. The van der Waals surface area contributed by atoms with E-state index in [1.807, 2.05) is 0 Å². The van der Waals surface area contributed by atoms with Crippen molar-refractivity contribution >= 4 is 51.2 Å². The van der Waals surface area contributed by atoms with Crippen molar-refractivity contribution in [2.75, 3.05) is 30.3 Å². The summed E-state index contributed by atoms with van der Waals surface area (Å²) in [5.74, 6) is -4.93. The molecule has 0 amide bonds. The smallest absolute Gasteiger partial charge is 0.194 e. The molecule has 46 heavy (non-hydrogen) atoms. The number of rotatable bonds is 8. The molecule has 1 unspecified atom stereocenters. The van der Waals surface area contributed by atoms with Gasteiger partial charge in [-0.3, -0.25) is 4.98 Å². The van der Waals surface area contributed by atoms with Gasteiger partial charge >= 0.3 is 0 Å². The molecule has 3 heterocycles. The van der Waals surface area contributed by atoms with Crippen LogP contribution in [-0.4, -0.2) is 44.5 Å². The summed E-state index contributed by atoms with van der Waals surface area (Å²) in [5.41, 5.74) is 1.92. The van der Waals surface area contributed by atoms with E-state index in [9.17, 15) is 22.8 Å². The lowest BCUT2D eigenvalue weighted by atomic mass is 10.0.